The highest BCUT2D eigenvalue weighted by Gasteiger charge is 2.29. The van der Waals surface area contributed by atoms with Gasteiger partial charge in [0.25, 0.3) is 0 Å². The van der Waals surface area contributed by atoms with Gasteiger partial charge in [0.05, 0.1) is 12.5 Å². The second-order valence-electron chi connectivity index (χ2n) is 5.81. The molecule has 0 aromatic heterocycles. The molecule has 0 saturated heterocycles. The van der Waals surface area contributed by atoms with E-state index in [0.717, 1.165) is 0 Å². The first kappa shape index (κ1) is 24.4. The lowest BCUT2D eigenvalue weighted by atomic mass is 10.0. The summed E-state index contributed by atoms with van der Waals surface area (Å²) in [4.78, 5) is 47.2. The van der Waals surface area contributed by atoms with E-state index in [1.807, 2.05) is 6.92 Å². The maximum Gasteiger partial charge on any atom is 0.305 e. The standard InChI is InChI=1S/C17H24N4O5.ClH/c1-2-6-11(18)16(25)20-12(9-13(22)23)17(26)21-14(15(19)24)10-7-4-3-5-8-10;/h3-5,7-8,11-12,14H,2,6,9,18H2,1H3,(H2,19,24)(H,20,25)(H,21,26)(H,22,23);1H/t11-,12-,14+;/m0./s1. The molecule has 0 fully saturated rings. The fourth-order valence-electron chi connectivity index (χ4n) is 2.31. The van der Waals surface area contributed by atoms with Crippen LogP contribution in [0.5, 0.6) is 0 Å². The molecule has 0 saturated carbocycles. The molecule has 10 heteroatoms. The van der Waals surface area contributed by atoms with E-state index in [9.17, 15) is 19.2 Å². The molecular weight excluding hydrogens is 376 g/mol. The fraction of sp³-hybridized carbons (Fsp3) is 0.412. The number of carbonyl (C=O) groups excluding carboxylic acids is 3. The van der Waals surface area contributed by atoms with Crippen LogP contribution in [0.25, 0.3) is 0 Å². The van der Waals surface area contributed by atoms with Crippen LogP contribution < -0.4 is 22.1 Å². The lowest BCUT2D eigenvalue weighted by Gasteiger charge is -2.22. The molecule has 27 heavy (non-hydrogen) atoms. The van der Waals surface area contributed by atoms with Gasteiger partial charge in [0, 0.05) is 0 Å². The third-order valence-corrected chi connectivity index (χ3v) is 3.65. The summed E-state index contributed by atoms with van der Waals surface area (Å²) in [5.74, 6) is -3.57. The molecule has 0 aliphatic heterocycles. The van der Waals surface area contributed by atoms with Crippen LogP contribution in [0.3, 0.4) is 0 Å². The molecule has 9 nitrogen and oxygen atoms in total. The lowest BCUT2D eigenvalue weighted by molar-refractivity contribution is -0.141. The van der Waals surface area contributed by atoms with E-state index in [2.05, 4.69) is 10.6 Å². The van der Waals surface area contributed by atoms with Crippen molar-refractivity contribution in [1.29, 1.82) is 0 Å². The number of primary amides is 1. The van der Waals surface area contributed by atoms with E-state index < -0.39 is 48.2 Å². The maximum atomic E-state index is 12.4. The van der Waals surface area contributed by atoms with Crippen LogP contribution in [0, 0.1) is 0 Å². The summed E-state index contributed by atoms with van der Waals surface area (Å²) in [6.07, 6.45) is 0.389. The van der Waals surface area contributed by atoms with E-state index >= 15 is 0 Å². The minimum absolute atomic E-state index is 0. The number of carbonyl (C=O) groups is 4. The average molecular weight is 401 g/mol. The number of amides is 3. The van der Waals surface area contributed by atoms with E-state index in [4.69, 9.17) is 16.6 Å². The van der Waals surface area contributed by atoms with Gasteiger partial charge >= 0.3 is 5.97 Å². The predicted molar refractivity (Wildman–Crippen MR) is 101 cm³/mol. The van der Waals surface area contributed by atoms with Crippen LogP contribution in [0.4, 0.5) is 0 Å². The van der Waals surface area contributed by atoms with E-state index in [1.165, 1.54) is 0 Å². The quantitative estimate of drug-likeness (QED) is 0.366. The first-order chi connectivity index (χ1) is 12.3. The Morgan fingerprint density at radius 3 is 2.15 bits per heavy atom. The minimum Gasteiger partial charge on any atom is -0.481 e. The summed E-state index contributed by atoms with van der Waals surface area (Å²) in [5.41, 5.74) is 11.5. The van der Waals surface area contributed by atoms with Crippen LogP contribution in [0.15, 0.2) is 30.3 Å². The number of nitrogens with two attached hydrogens (primary N) is 2. The second kappa shape index (κ2) is 11.9. The number of carboxylic acids is 1. The topological polar surface area (TPSA) is 165 Å². The average Bonchev–Trinajstić information content (AvgIpc) is 2.59. The Balaban J connectivity index is 0.00000676. The van der Waals surface area contributed by atoms with Crippen molar-refractivity contribution in [2.75, 3.05) is 0 Å². The van der Waals surface area contributed by atoms with Gasteiger partial charge in [0.1, 0.15) is 12.1 Å². The largest absolute Gasteiger partial charge is 0.481 e. The van der Waals surface area contributed by atoms with Gasteiger partial charge in [-0.3, -0.25) is 19.2 Å². The molecule has 3 amide bonds. The predicted octanol–water partition coefficient (Wildman–Crippen LogP) is -0.162. The Labute approximate surface area is 163 Å². The Bertz CT molecular complexity index is 656. The molecule has 1 rings (SSSR count). The monoisotopic (exact) mass is 400 g/mol. The molecule has 150 valence electrons. The number of nitrogens with one attached hydrogen (secondary N) is 2. The first-order valence-electron chi connectivity index (χ1n) is 8.18. The van der Waals surface area contributed by atoms with Crippen LogP contribution in [0.2, 0.25) is 0 Å². The number of hydrogen-bond donors (Lipinski definition) is 5. The van der Waals surface area contributed by atoms with Crippen molar-refractivity contribution in [1.82, 2.24) is 10.6 Å². The van der Waals surface area contributed by atoms with E-state index in [0.29, 0.717) is 18.4 Å². The highest BCUT2D eigenvalue weighted by atomic mass is 35.5. The van der Waals surface area contributed by atoms with Gasteiger partial charge in [-0.15, -0.1) is 12.4 Å². The summed E-state index contributed by atoms with van der Waals surface area (Å²) in [7, 11) is 0. The molecule has 1 aromatic rings. The van der Waals surface area contributed by atoms with Crippen LogP contribution in [0.1, 0.15) is 37.8 Å². The number of benzene rings is 1. The Hall–Kier alpha value is -2.65. The molecule has 0 radical (unpaired) electrons. The molecular formula is C17H25ClN4O5. The number of halogens is 1. The zero-order valence-corrected chi connectivity index (χ0v) is 15.7. The van der Waals surface area contributed by atoms with E-state index in [1.54, 1.807) is 30.3 Å². The fourth-order valence-corrected chi connectivity index (χ4v) is 2.31. The van der Waals surface area contributed by atoms with Gasteiger partial charge in [0.15, 0.2) is 0 Å². The first-order valence-corrected chi connectivity index (χ1v) is 8.18. The van der Waals surface area contributed by atoms with Crippen LogP contribution >= 0.6 is 12.4 Å². The SMILES string of the molecule is CCC[C@H](N)C(=O)N[C@@H](CC(=O)O)C(=O)N[C@@H](C(N)=O)c1ccccc1.Cl. The molecule has 0 aliphatic carbocycles. The molecule has 1 aromatic carbocycles. The second-order valence-corrected chi connectivity index (χ2v) is 5.81. The van der Waals surface area contributed by atoms with Crippen molar-refractivity contribution in [2.24, 2.45) is 11.5 Å². The van der Waals surface area contributed by atoms with Crippen molar-refractivity contribution in [2.45, 2.75) is 44.3 Å². The highest BCUT2D eigenvalue weighted by Crippen LogP contribution is 2.12. The Morgan fingerprint density at radius 2 is 1.67 bits per heavy atom. The molecule has 0 unspecified atom stereocenters. The highest BCUT2D eigenvalue weighted by molar-refractivity contribution is 5.94. The molecule has 0 aliphatic rings. The van der Waals surface area contributed by atoms with Crippen molar-refractivity contribution < 1.29 is 24.3 Å². The molecule has 0 spiro atoms. The number of carboxylic acid groups (broad SMARTS) is 1. The summed E-state index contributed by atoms with van der Waals surface area (Å²) >= 11 is 0. The van der Waals surface area contributed by atoms with Gasteiger partial charge < -0.3 is 27.2 Å². The van der Waals surface area contributed by atoms with Crippen LogP contribution in [-0.2, 0) is 19.2 Å². The molecule has 7 N–H and O–H groups in total. The number of hydrogen-bond acceptors (Lipinski definition) is 5. The van der Waals surface area contributed by atoms with Gasteiger partial charge in [-0.05, 0) is 12.0 Å². The summed E-state index contributed by atoms with van der Waals surface area (Å²) < 4.78 is 0. The third-order valence-electron chi connectivity index (χ3n) is 3.65. The van der Waals surface area contributed by atoms with Crippen LogP contribution in [-0.4, -0.2) is 40.9 Å². The molecule has 3 atom stereocenters. The van der Waals surface area contributed by atoms with Crippen molar-refractivity contribution in [3.63, 3.8) is 0 Å². The van der Waals surface area contributed by atoms with Crippen molar-refractivity contribution in [3.8, 4) is 0 Å². The smallest absolute Gasteiger partial charge is 0.305 e. The van der Waals surface area contributed by atoms with Gasteiger partial charge in [0.2, 0.25) is 17.7 Å². The van der Waals surface area contributed by atoms with Gasteiger partial charge in [-0.25, -0.2) is 0 Å². The molecule has 0 heterocycles. The number of aliphatic carboxylic acids is 1. The summed E-state index contributed by atoms with van der Waals surface area (Å²) in [6, 6.07) is 4.86. The zero-order valence-electron chi connectivity index (χ0n) is 14.9. The van der Waals surface area contributed by atoms with Crippen molar-refractivity contribution in [3.05, 3.63) is 35.9 Å². The summed E-state index contributed by atoms with van der Waals surface area (Å²) in [5, 5.41) is 13.7. The minimum atomic E-state index is -1.38. The van der Waals surface area contributed by atoms with Gasteiger partial charge in [-0.1, -0.05) is 43.7 Å². The molecule has 0 bridgehead atoms. The van der Waals surface area contributed by atoms with Gasteiger partial charge in [-0.2, -0.15) is 0 Å². The Morgan fingerprint density at radius 1 is 1.07 bits per heavy atom. The van der Waals surface area contributed by atoms with Crippen molar-refractivity contribution >= 4 is 36.1 Å². The summed E-state index contributed by atoms with van der Waals surface area (Å²) in [6.45, 7) is 1.84. The number of rotatable bonds is 10. The Kier molecular flexibility index (Phi) is 10.7. The zero-order chi connectivity index (χ0) is 19.7. The maximum absolute atomic E-state index is 12.4. The van der Waals surface area contributed by atoms with E-state index in [-0.39, 0.29) is 12.4 Å². The normalized spacial score (nSPS) is 13.4. The lowest BCUT2D eigenvalue weighted by Crippen LogP contribution is -2.53. The third kappa shape index (κ3) is 8.06.